The first-order chi connectivity index (χ1) is 14.4. The standard InChI is InChI=1S/C20H21N3O5S3/c1-13-19(29-20(21-13)22-14(2)24)15-10-11-17(18(12-15)30(4,25)26)23(3)31(27,28)16-8-6-5-7-9-16/h5-12H,1-4H3,(H,21,22,24). The van der Waals surface area contributed by atoms with E-state index in [1.165, 1.54) is 49.6 Å². The molecule has 11 heteroatoms. The fourth-order valence-corrected chi connectivity index (χ4v) is 6.19. The van der Waals surface area contributed by atoms with Crippen molar-refractivity contribution in [3.63, 3.8) is 0 Å². The Hall–Kier alpha value is -2.76. The van der Waals surface area contributed by atoms with Crippen LogP contribution in [-0.2, 0) is 24.7 Å². The Morgan fingerprint density at radius 2 is 1.71 bits per heavy atom. The Bertz CT molecular complexity index is 1350. The van der Waals surface area contributed by atoms with Crippen molar-refractivity contribution in [1.82, 2.24) is 4.98 Å². The van der Waals surface area contributed by atoms with Crippen LogP contribution in [0.2, 0.25) is 0 Å². The quantitative estimate of drug-likeness (QED) is 0.580. The SMILES string of the molecule is CC(=O)Nc1nc(C)c(-c2ccc(N(C)S(=O)(=O)c3ccccc3)c(S(C)(=O)=O)c2)s1. The van der Waals surface area contributed by atoms with Crippen molar-refractivity contribution < 1.29 is 21.6 Å². The number of aromatic nitrogens is 1. The van der Waals surface area contributed by atoms with Crippen LogP contribution in [0.5, 0.6) is 0 Å². The van der Waals surface area contributed by atoms with Gasteiger partial charge in [-0.3, -0.25) is 9.10 Å². The van der Waals surface area contributed by atoms with Gasteiger partial charge in [0.25, 0.3) is 10.0 Å². The highest BCUT2D eigenvalue weighted by Crippen LogP contribution is 2.37. The summed E-state index contributed by atoms with van der Waals surface area (Å²) in [6.07, 6.45) is 1.03. The van der Waals surface area contributed by atoms with Gasteiger partial charge in [0.15, 0.2) is 15.0 Å². The van der Waals surface area contributed by atoms with E-state index in [-0.39, 0.29) is 21.4 Å². The molecule has 0 bridgehead atoms. The highest BCUT2D eigenvalue weighted by atomic mass is 32.2. The number of anilines is 2. The summed E-state index contributed by atoms with van der Waals surface area (Å²) < 4.78 is 52.1. The van der Waals surface area contributed by atoms with Crippen molar-refractivity contribution in [3.05, 3.63) is 54.2 Å². The number of carbonyl (C=O) groups is 1. The summed E-state index contributed by atoms with van der Waals surface area (Å²) >= 11 is 1.21. The lowest BCUT2D eigenvalue weighted by molar-refractivity contribution is -0.114. The number of aryl methyl sites for hydroxylation is 1. The molecule has 1 heterocycles. The van der Waals surface area contributed by atoms with E-state index in [2.05, 4.69) is 10.3 Å². The van der Waals surface area contributed by atoms with Crippen LogP contribution < -0.4 is 9.62 Å². The predicted octanol–water partition coefficient (Wildman–Crippen LogP) is 3.31. The minimum Gasteiger partial charge on any atom is -0.302 e. The molecule has 164 valence electrons. The molecule has 0 radical (unpaired) electrons. The Kier molecular flexibility index (Phi) is 6.21. The van der Waals surface area contributed by atoms with Crippen LogP contribution in [0.4, 0.5) is 10.8 Å². The van der Waals surface area contributed by atoms with Crippen molar-refractivity contribution in [2.45, 2.75) is 23.6 Å². The molecule has 0 aliphatic carbocycles. The number of nitrogens with zero attached hydrogens (tertiary/aromatic N) is 2. The molecule has 31 heavy (non-hydrogen) atoms. The van der Waals surface area contributed by atoms with Gasteiger partial charge in [-0.05, 0) is 36.8 Å². The molecule has 1 N–H and O–H groups in total. The Balaban J connectivity index is 2.13. The number of benzene rings is 2. The molecule has 3 rings (SSSR count). The van der Waals surface area contributed by atoms with Gasteiger partial charge in [0.2, 0.25) is 5.91 Å². The molecular weight excluding hydrogens is 458 g/mol. The lowest BCUT2D eigenvalue weighted by atomic mass is 10.1. The van der Waals surface area contributed by atoms with Gasteiger partial charge in [-0.1, -0.05) is 35.6 Å². The molecule has 0 aliphatic rings. The molecule has 8 nitrogen and oxygen atoms in total. The maximum Gasteiger partial charge on any atom is 0.264 e. The highest BCUT2D eigenvalue weighted by Gasteiger charge is 2.27. The van der Waals surface area contributed by atoms with Crippen molar-refractivity contribution in [2.24, 2.45) is 0 Å². The number of carbonyl (C=O) groups excluding carboxylic acids is 1. The largest absolute Gasteiger partial charge is 0.302 e. The third-order valence-electron chi connectivity index (χ3n) is 4.44. The van der Waals surface area contributed by atoms with Gasteiger partial charge in [0, 0.05) is 20.2 Å². The first kappa shape index (κ1) is 22.9. The van der Waals surface area contributed by atoms with E-state index in [4.69, 9.17) is 0 Å². The lowest BCUT2D eigenvalue weighted by Crippen LogP contribution is -2.28. The zero-order valence-corrected chi connectivity index (χ0v) is 19.7. The number of hydrogen-bond acceptors (Lipinski definition) is 7. The summed E-state index contributed by atoms with van der Waals surface area (Å²) in [4.78, 5) is 16.2. The van der Waals surface area contributed by atoms with Crippen LogP contribution in [0, 0.1) is 6.92 Å². The van der Waals surface area contributed by atoms with Crippen LogP contribution in [-0.4, -0.2) is 41.0 Å². The number of thiazole rings is 1. The molecule has 0 spiro atoms. The van der Waals surface area contributed by atoms with Crippen LogP contribution >= 0.6 is 11.3 Å². The third kappa shape index (κ3) is 4.78. The summed E-state index contributed by atoms with van der Waals surface area (Å²) in [6, 6.07) is 12.3. The molecule has 0 unspecified atom stereocenters. The van der Waals surface area contributed by atoms with E-state index in [0.29, 0.717) is 21.3 Å². The molecule has 3 aromatic rings. The van der Waals surface area contributed by atoms with Crippen LogP contribution in [0.15, 0.2) is 58.3 Å². The summed E-state index contributed by atoms with van der Waals surface area (Å²) in [6.45, 7) is 3.12. The maximum absolute atomic E-state index is 13.0. The van der Waals surface area contributed by atoms with Crippen LogP contribution in [0.25, 0.3) is 10.4 Å². The van der Waals surface area contributed by atoms with E-state index in [1.807, 2.05) is 0 Å². The monoisotopic (exact) mass is 479 g/mol. The van der Waals surface area contributed by atoms with Crippen molar-refractivity contribution in [3.8, 4) is 10.4 Å². The number of sulfonamides is 1. The molecule has 0 atom stereocenters. The van der Waals surface area contributed by atoms with Gasteiger partial charge < -0.3 is 5.32 Å². The fourth-order valence-electron chi connectivity index (χ4n) is 2.96. The second-order valence-electron chi connectivity index (χ2n) is 6.85. The number of amides is 1. The van der Waals surface area contributed by atoms with E-state index in [1.54, 1.807) is 31.2 Å². The predicted molar refractivity (Wildman–Crippen MR) is 122 cm³/mol. The van der Waals surface area contributed by atoms with E-state index < -0.39 is 19.9 Å². The summed E-state index contributed by atoms with van der Waals surface area (Å²) in [5.74, 6) is -0.264. The zero-order valence-electron chi connectivity index (χ0n) is 17.3. The summed E-state index contributed by atoms with van der Waals surface area (Å²) in [7, 11) is -6.41. The first-order valence-corrected chi connectivity index (χ1v) is 13.2. The molecule has 1 aromatic heterocycles. The Morgan fingerprint density at radius 1 is 1.06 bits per heavy atom. The van der Waals surface area contributed by atoms with Gasteiger partial charge in [0.05, 0.1) is 26.0 Å². The molecule has 1 amide bonds. The summed E-state index contributed by atoms with van der Waals surface area (Å²) in [5, 5.41) is 3.01. The molecular formula is C20H21N3O5S3. The van der Waals surface area contributed by atoms with E-state index >= 15 is 0 Å². The molecule has 0 saturated carbocycles. The number of hydrogen-bond donors (Lipinski definition) is 1. The van der Waals surface area contributed by atoms with Gasteiger partial charge in [-0.25, -0.2) is 21.8 Å². The second kappa shape index (κ2) is 8.40. The van der Waals surface area contributed by atoms with Gasteiger partial charge in [-0.2, -0.15) is 0 Å². The highest BCUT2D eigenvalue weighted by molar-refractivity contribution is 7.93. The Morgan fingerprint density at radius 3 is 2.29 bits per heavy atom. The normalized spacial score (nSPS) is 11.9. The first-order valence-electron chi connectivity index (χ1n) is 9.04. The average Bonchev–Trinajstić information content (AvgIpc) is 3.06. The summed E-state index contributed by atoms with van der Waals surface area (Å²) in [5.41, 5.74) is 1.21. The fraction of sp³-hybridized carbons (Fsp3) is 0.200. The average molecular weight is 480 g/mol. The van der Waals surface area contributed by atoms with Crippen molar-refractivity contribution in [2.75, 3.05) is 22.9 Å². The van der Waals surface area contributed by atoms with E-state index in [9.17, 15) is 21.6 Å². The zero-order chi connectivity index (χ0) is 23.0. The number of rotatable bonds is 6. The van der Waals surface area contributed by atoms with E-state index in [0.717, 1.165) is 10.6 Å². The van der Waals surface area contributed by atoms with Crippen LogP contribution in [0.1, 0.15) is 12.6 Å². The van der Waals surface area contributed by atoms with Gasteiger partial charge >= 0.3 is 0 Å². The molecule has 0 aliphatic heterocycles. The van der Waals surface area contributed by atoms with Crippen molar-refractivity contribution >= 4 is 47.9 Å². The van der Waals surface area contributed by atoms with Crippen LogP contribution in [0.3, 0.4) is 0 Å². The smallest absolute Gasteiger partial charge is 0.264 e. The van der Waals surface area contributed by atoms with Gasteiger partial charge in [-0.15, -0.1) is 0 Å². The Labute approximate surface area is 185 Å². The second-order valence-corrected chi connectivity index (χ2v) is 11.8. The molecule has 0 fully saturated rings. The topological polar surface area (TPSA) is 114 Å². The molecule has 0 saturated heterocycles. The lowest BCUT2D eigenvalue weighted by Gasteiger charge is -2.22. The minimum absolute atomic E-state index is 0.0411. The number of nitrogens with one attached hydrogen (secondary N) is 1. The molecule has 2 aromatic carbocycles. The third-order valence-corrected chi connectivity index (χ3v) is 8.48. The minimum atomic E-state index is -3.96. The maximum atomic E-state index is 13.0. The number of sulfone groups is 1. The van der Waals surface area contributed by atoms with Gasteiger partial charge in [0.1, 0.15) is 0 Å². The van der Waals surface area contributed by atoms with Crippen molar-refractivity contribution in [1.29, 1.82) is 0 Å².